The Morgan fingerprint density at radius 3 is 2.56 bits per heavy atom. The van der Waals surface area contributed by atoms with Gasteiger partial charge >= 0.3 is 12.6 Å². The first-order valence-corrected chi connectivity index (χ1v) is 4.46. The van der Waals surface area contributed by atoms with Gasteiger partial charge in [-0.3, -0.25) is 0 Å². The van der Waals surface area contributed by atoms with E-state index in [0.717, 1.165) is 6.07 Å². The molecule has 16 heavy (non-hydrogen) atoms. The van der Waals surface area contributed by atoms with Crippen molar-refractivity contribution in [2.45, 2.75) is 6.61 Å². The van der Waals surface area contributed by atoms with E-state index in [1.54, 1.807) is 0 Å². The van der Waals surface area contributed by atoms with Crippen LogP contribution < -0.4 is 4.74 Å². The van der Waals surface area contributed by atoms with Crippen molar-refractivity contribution >= 4 is 23.1 Å². The summed E-state index contributed by atoms with van der Waals surface area (Å²) in [7, 11) is 0. The number of alkyl halides is 2. The minimum Gasteiger partial charge on any atom is -0.478 e. The number of aliphatic carboxylic acids is 1. The van der Waals surface area contributed by atoms with Crippen molar-refractivity contribution in [3.8, 4) is 5.75 Å². The van der Waals surface area contributed by atoms with Crippen LogP contribution in [-0.4, -0.2) is 17.7 Å². The van der Waals surface area contributed by atoms with Crippen molar-refractivity contribution < 1.29 is 23.4 Å². The monoisotopic (exact) mass is 248 g/mol. The number of halogens is 3. The highest BCUT2D eigenvalue weighted by Gasteiger charge is 2.12. The van der Waals surface area contributed by atoms with Crippen molar-refractivity contribution in [2.75, 3.05) is 0 Å². The molecule has 6 heteroatoms. The molecular formula is C10H7ClF2O3. The molecule has 1 N–H and O–H groups in total. The highest BCUT2D eigenvalue weighted by Crippen LogP contribution is 2.29. The number of rotatable bonds is 4. The summed E-state index contributed by atoms with van der Waals surface area (Å²) in [5.41, 5.74) is 0.0598. The second kappa shape index (κ2) is 4.94. The molecule has 0 amide bonds. The number of carboxylic acid groups (broad SMARTS) is 1. The average molecular weight is 249 g/mol. The van der Waals surface area contributed by atoms with Crippen molar-refractivity contribution in [2.24, 2.45) is 0 Å². The third-order valence-electron chi connectivity index (χ3n) is 1.75. The van der Waals surface area contributed by atoms with E-state index in [2.05, 4.69) is 11.3 Å². The zero-order valence-electron chi connectivity index (χ0n) is 7.91. The molecule has 0 saturated carbocycles. The molecule has 0 saturated heterocycles. The molecule has 0 unspecified atom stereocenters. The predicted octanol–water partition coefficient (Wildman–Crippen LogP) is 3.04. The summed E-state index contributed by atoms with van der Waals surface area (Å²) in [5, 5.41) is 8.55. The summed E-state index contributed by atoms with van der Waals surface area (Å²) in [6.45, 7) is 0.328. The van der Waals surface area contributed by atoms with Gasteiger partial charge in [0.2, 0.25) is 0 Å². The summed E-state index contributed by atoms with van der Waals surface area (Å²) in [6.07, 6.45) is 0. The van der Waals surface area contributed by atoms with Crippen LogP contribution in [0.4, 0.5) is 8.78 Å². The van der Waals surface area contributed by atoms with Crippen LogP contribution in [0.2, 0.25) is 5.02 Å². The number of ether oxygens (including phenoxy) is 1. The Labute approximate surface area is 94.9 Å². The second-order valence-corrected chi connectivity index (χ2v) is 3.21. The molecule has 0 aromatic heterocycles. The molecule has 3 nitrogen and oxygen atoms in total. The molecule has 0 bridgehead atoms. The fourth-order valence-electron chi connectivity index (χ4n) is 1.00. The summed E-state index contributed by atoms with van der Waals surface area (Å²) in [6, 6.07) is 3.66. The maximum atomic E-state index is 11.9. The molecule has 1 rings (SSSR count). The smallest absolute Gasteiger partial charge is 0.387 e. The lowest BCUT2D eigenvalue weighted by molar-refractivity contribution is -0.130. The summed E-state index contributed by atoms with van der Waals surface area (Å²) in [4.78, 5) is 10.6. The van der Waals surface area contributed by atoms with Gasteiger partial charge in [-0.1, -0.05) is 24.2 Å². The maximum Gasteiger partial charge on any atom is 0.387 e. The standard InChI is InChI=1S/C10H7ClF2O3/c1-5(9(14)15)6-2-3-8(7(11)4-6)16-10(12)13/h2-4,10H,1H2,(H,14,15). The Kier molecular flexibility index (Phi) is 3.84. The zero-order valence-corrected chi connectivity index (χ0v) is 8.67. The molecule has 1 aromatic rings. The molecule has 1 aromatic carbocycles. The topological polar surface area (TPSA) is 46.5 Å². The van der Waals surface area contributed by atoms with Gasteiger partial charge in [0.25, 0.3) is 0 Å². The Bertz CT molecular complexity index is 432. The molecule has 0 atom stereocenters. The van der Waals surface area contributed by atoms with Gasteiger partial charge in [0.15, 0.2) is 0 Å². The van der Waals surface area contributed by atoms with Gasteiger partial charge in [0.05, 0.1) is 10.6 Å². The van der Waals surface area contributed by atoms with E-state index in [0.29, 0.717) is 0 Å². The van der Waals surface area contributed by atoms with E-state index in [4.69, 9.17) is 16.7 Å². The number of benzene rings is 1. The molecule has 0 fully saturated rings. The van der Waals surface area contributed by atoms with Gasteiger partial charge in [-0.25, -0.2) is 4.79 Å². The molecule has 0 aliphatic carbocycles. The van der Waals surface area contributed by atoms with Gasteiger partial charge < -0.3 is 9.84 Å². The van der Waals surface area contributed by atoms with Crippen LogP contribution in [0, 0.1) is 0 Å². The lowest BCUT2D eigenvalue weighted by Crippen LogP contribution is -2.03. The van der Waals surface area contributed by atoms with Crippen LogP contribution in [0.3, 0.4) is 0 Å². The fourth-order valence-corrected chi connectivity index (χ4v) is 1.23. The van der Waals surface area contributed by atoms with Gasteiger partial charge in [-0.2, -0.15) is 8.78 Å². The first-order chi connectivity index (χ1) is 7.41. The van der Waals surface area contributed by atoms with Crippen LogP contribution in [0.15, 0.2) is 24.8 Å². The molecule has 86 valence electrons. The minimum atomic E-state index is -2.98. The molecule has 0 radical (unpaired) electrons. The minimum absolute atomic E-state index is 0.0970. The van der Waals surface area contributed by atoms with Crippen LogP contribution in [0.1, 0.15) is 5.56 Å². The molecular weight excluding hydrogens is 242 g/mol. The largest absolute Gasteiger partial charge is 0.478 e. The van der Waals surface area contributed by atoms with Crippen LogP contribution in [0.25, 0.3) is 5.57 Å². The van der Waals surface area contributed by atoms with Gasteiger partial charge in [-0.15, -0.1) is 0 Å². The van der Waals surface area contributed by atoms with E-state index in [1.165, 1.54) is 12.1 Å². The fraction of sp³-hybridized carbons (Fsp3) is 0.100. The zero-order chi connectivity index (χ0) is 12.3. The highest BCUT2D eigenvalue weighted by molar-refractivity contribution is 6.32. The quantitative estimate of drug-likeness (QED) is 0.833. The Morgan fingerprint density at radius 2 is 2.12 bits per heavy atom. The molecule has 0 aliphatic heterocycles. The van der Waals surface area contributed by atoms with Crippen LogP contribution in [-0.2, 0) is 4.79 Å². The summed E-state index contributed by atoms with van der Waals surface area (Å²) in [5.74, 6) is -1.42. The Hall–Kier alpha value is -1.62. The van der Waals surface area contributed by atoms with Gasteiger partial charge in [0.1, 0.15) is 5.75 Å². The van der Waals surface area contributed by atoms with Crippen molar-refractivity contribution in [1.82, 2.24) is 0 Å². The molecule has 0 heterocycles. The van der Waals surface area contributed by atoms with E-state index < -0.39 is 12.6 Å². The lowest BCUT2D eigenvalue weighted by atomic mass is 10.1. The Morgan fingerprint density at radius 1 is 1.50 bits per heavy atom. The number of carbonyl (C=O) groups is 1. The number of carboxylic acids is 1. The van der Waals surface area contributed by atoms with E-state index in [1.807, 2.05) is 0 Å². The highest BCUT2D eigenvalue weighted by atomic mass is 35.5. The Balaban J connectivity index is 2.99. The average Bonchev–Trinajstić information content (AvgIpc) is 2.19. The lowest BCUT2D eigenvalue weighted by Gasteiger charge is -2.08. The van der Waals surface area contributed by atoms with E-state index in [-0.39, 0.29) is 21.9 Å². The normalized spacial score (nSPS) is 10.2. The van der Waals surface area contributed by atoms with E-state index >= 15 is 0 Å². The molecule has 0 aliphatic rings. The van der Waals surface area contributed by atoms with Gasteiger partial charge in [-0.05, 0) is 17.7 Å². The van der Waals surface area contributed by atoms with Crippen molar-refractivity contribution in [3.63, 3.8) is 0 Å². The summed E-state index contributed by atoms with van der Waals surface area (Å²) >= 11 is 5.63. The first-order valence-electron chi connectivity index (χ1n) is 4.08. The third kappa shape index (κ3) is 2.93. The third-order valence-corrected chi connectivity index (χ3v) is 2.05. The van der Waals surface area contributed by atoms with Crippen LogP contribution in [0.5, 0.6) is 5.75 Å². The second-order valence-electron chi connectivity index (χ2n) is 2.81. The number of hydrogen-bond donors (Lipinski definition) is 1. The summed E-state index contributed by atoms with van der Waals surface area (Å²) < 4.78 is 27.9. The molecule has 0 spiro atoms. The predicted molar refractivity (Wildman–Crippen MR) is 54.8 cm³/mol. The van der Waals surface area contributed by atoms with Crippen molar-refractivity contribution in [1.29, 1.82) is 0 Å². The van der Waals surface area contributed by atoms with Crippen molar-refractivity contribution in [3.05, 3.63) is 35.4 Å². The maximum absolute atomic E-state index is 11.9. The SMILES string of the molecule is C=C(C(=O)O)c1ccc(OC(F)F)c(Cl)c1. The first kappa shape index (κ1) is 12.4. The number of hydrogen-bond acceptors (Lipinski definition) is 2. The van der Waals surface area contributed by atoms with Crippen LogP contribution >= 0.6 is 11.6 Å². The van der Waals surface area contributed by atoms with Gasteiger partial charge in [0, 0.05) is 0 Å². The van der Waals surface area contributed by atoms with E-state index in [9.17, 15) is 13.6 Å².